The average molecular weight is 353 g/mol. The predicted molar refractivity (Wildman–Crippen MR) is 87.7 cm³/mol. The maximum atomic E-state index is 13.0. The van der Waals surface area contributed by atoms with E-state index in [1.165, 1.54) is 17.0 Å². The van der Waals surface area contributed by atoms with Crippen molar-refractivity contribution in [2.24, 2.45) is 0 Å². The van der Waals surface area contributed by atoms with E-state index in [9.17, 15) is 22.8 Å². The summed E-state index contributed by atoms with van der Waals surface area (Å²) in [6.45, 7) is 0.641. The van der Waals surface area contributed by atoms with Crippen molar-refractivity contribution in [3.63, 3.8) is 0 Å². The highest BCUT2D eigenvalue weighted by molar-refractivity contribution is 5.96. The van der Waals surface area contributed by atoms with Gasteiger partial charge in [-0.05, 0) is 24.6 Å². The molecular weight excluding hydrogens is 335 g/mol. The number of carbonyl (C=O) groups excluding carboxylic acids is 1. The number of hydrogen-bond donors (Lipinski definition) is 0. The number of halogens is 3. The number of alkyl halides is 3. The Balaban J connectivity index is 2.10. The summed E-state index contributed by atoms with van der Waals surface area (Å²) in [4.78, 5) is 28.9. The third-order valence-corrected chi connectivity index (χ3v) is 4.37. The van der Waals surface area contributed by atoms with Crippen LogP contribution in [-0.4, -0.2) is 59.7 Å². The second kappa shape index (κ2) is 6.51. The predicted octanol–water partition coefficient (Wildman–Crippen LogP) is 1.95. The Morgan fingerprint density at radius 2 is 1.76 bits per heavy atom. The van der Waals surface area contributed by atoms with Crippen molar-refractivity contribution < 1.29 is 18.0 Å². The fraction of sp³-hybridized carbons (Fsp3) is 0.412. The number of aromatic nitrogens is 1. The van der Waals surface area contributed by atoms with Gasteiger partial charge in [-0.15, -0.1) is 0 Å². The van der Waals surface area contributed by atoms with E-state index in [0.717, 1.165) is 0 Å². The largest absolute Gasteiger partial charge is 0.406 e. The minimum atomic E-state index is -4.59. The monoisotopic (exact) mass is 353 g/mol. The van der Waals surface area contributed by atoms with E-state index in [4.69, 9.17) is 0 Å². The van der Waals surface area contributed by atoms with Crippen LogP contribution in [0.5, 0.6) is 0 Å². The van der Waals surface area contributed by atoms with Crippen LogP contribution in [0, 0.1) is 0 Å². The number of amides is 1. The SMILES string of the molecule is CN1CCN(C(=O)c2cc3ccccc3c(=O)n2CC(F)(F)F)CC1. The van der Waals surface area contributed by atoms with Gasteiger partial charge in [-0.2, -0.15) is 13.2 Å². The van der Waals surface area contributed by atoms with Crippen LogP contribution in [0.4, 0.5) is 13.2 Å². The lowest BCUT2D eigenvalue weighted by Gasteiger charge is -2.33. The molecule has 1 fully saturated rings. The van der Waals surface area contributed by atoms with Crippen molar-refractivity contribution in [2.75, 3.05) is 33.2 Å². The van der Waals surface area contributed by atoms with E-state index >= 15 is 0 Å². The van der Waals surface area contributed by atoms with Gasteiger partial charge in [-0.3, -0.25) is 14.2 Å². The maximum Gasteiger partial charge on any atom is 0.406 e. The Bertz CT molecular complexity index is 852. The standard InChI is InChI=1S/C17H18F3N3O2/c1-21-6-8-22(9-7-21)16(25)14-10-12-4-2-3-5-13(12)15(24)23(14)11-17(18,19)20/h2-5,10H,6-9,11H2,1H3. The molecule has 1 aromatic carbocycles. The molecule has 1 saturated heterocycles. The molecule has 2 heterocycles. The van der Waals surface area contributed by atoms with Crippen LogP contribution in [0.3, 0.4) is 0 Å². The number of pyridine rings is 1. The number of fused-ring (bicyclic) bond motifs is 1. The average Bonchev–Trinajstić information content (AvgIpc) is 2.56. The summed E-state index contributed by atoms with van der Waals surface area (Å²) in [5.74, 6) is -0.541. The summed E-state index contributed by atoms with van der Waals surface area (Å²) in [6, 6.07) is 7.73. The first-order chi connectivity index (χ1) is 11.8. The molecule has 0 N–H and O–H groups in total. The molecule has 0 aliphatic carbocycles. The van der Waals surface area contributed by atoms with Gasteiger partial charge in [0.1, 0.15) is 12.2 Å². The molecule has 1 aliphatic rings. The molecule has 8 heteroatoms. The molecular formula is C17H18F3N3O2. The molecule has 0 saturated carbocycles. The highest BCUT2D eigenvalue weighted by Gasteiger charge is 2.32. The van der Waals surface area contributed by atoms with Gasteiger partial charge in [-0.1, -0.05) is 18.2 Å². The zero-order valence-electron chi connectivity index (χ0n) is 13.7. The third-order valence-electron chi connectivity index (χ3n) is 4.37. The fourth-order valence-corrected chi connectivity index (χ4v) is 2.98. The zero-order valence-corrected chi connectivity index (χ0v) is 13.7. The van der Waals surface area contributed by atoms with Gasteiger partial charge >= 0.3 is 6.18 Å². The topological polar surface area (TPSA) is 45.6 Å². The second-order valence-electron chi connectivity index (χ2n) is 6.22. The van der Waals surface area contributed by atoms with E-state index < -0.39 is 24.2 Å². The summed E-state index contributed by atoms with van der Waals surface area (Å²) in [7, 11) is 1.91. The van der Waals surface area contributed by atoms with E-state index in [-0.39, 0.29) is 11.1 Å². The van der Waals surface area contributed by atoms with Crippen molar-refractivity contribution in [3.05, 3.63) is 46.4 Å². The Morgan fingerprint density at radius 1 is 1.12 bits per heavy atom. The Hall–Kier alpha value is -2.35. The summed E-state index contributed by atoms with van der Waals surface area (Å²) in [5, 5.41) is 0.630. The van der Waals surface area contributed by atoms with Crippen molar-refractivity contribution >= 4 is 16.7 Å². The molecule has 0 radical (unpaired) electrons. The van der Waals surface area contributed by atoms with Crippen molar-refractivity contribution in [2.45, 2.75) is 12.7 Å². The lowest BCUT2D eigenvalue weighted by atomic mass is 10.1. The van der Waals surface area contributed by atoms with Gasteiger partial charge in [0.2, 0.25) is 0 Å². The van der Waals surface area contributed by atoms with E-state index in [0.29, 0.717) is 36.1 Å². The minimum Gasteiger partial charge on any atom is -0.335 e. The fourth-order valence-electron chi connectivity index (χ4n) is 2.98. The van der Waals surface area contributed by atoms with E-state index in [2.05, 4.69) is 0 Å². The number of rotatable bonds is 2. The van der Waals surface area contributed by atoms with Crippen LogP contribution < -0.4 is 5.56 Å². The molecule has 1 aromatic heterocycles. The van der Waals surface area contributed by atoms with Crippen LogP contribution in [0.2, 0.25) is 0 Å². The highest BCUT2D eigenvalue weighted by atomic mass is 19.4. The smallest absolute Gasteiger partial charge is 0.335 e. The number of carbonyl (C=O) groups is 1. The molecule has 1 amide bonds. The maximum absolute atomic E-state index is 13.0. The lowest BCUT2D eigenvalue weighted by molar-refractivity contribution is -0.141. The van der Waals surface area contributed by atoms with Gasteiger partial charge in [0.15, 0.2) is 0 Å². The summed E-state index contributed by atoms with van der Waals surface area (Å²) in [6.07, 6.45) is -4.59. The van der Waals surface area contributed by atoms with Crippen molar-refractivity contribution in [3.8, 4) is 0 Å². The number of hydrogen-bond acceptors (Lipinski definition) is 3. The molecule has 0 unspecified atom stereocenters. The van der Waals surface area contributed by atoms with Crippen LogP contribution in [0.15, 0.2) is 35.1 Å². The van der Waals surface area contributed by atoms with Gasteiger partial charge < -0.3 is 9.80 Å². The Kier molecular flexibility index (Phi) is 4.55. The van der Waals surface area contributed by atoms with E-state index in [1.807, 2.05) is 11.9 Å². The molecule has 25 heavy (non-hydrogen) atoms. The molecule has 134 valence electrons. The molecule has 5 nitrogen and oxygen atoms in total. The Labute approximate surface area is 142 Å². The summed E-state index contributed by atoms with van der Waals surface area (Å²) in [5.41, 5.74) is -1.02. The van der Waals surface area contributed by atoms with Gasteiger partial charge in [0, 0.05) is 31.6 Å². The van der Waals surface area contributed by atoms with Crippen LogP contribution in [0.1, 0.15) is 10.5 Å². The molecule has 1 aliphatic heterocycles. The molecule has 0 atom stereocenters. The lowest BCUT2D eigenvalue weighted by Crippen LogP contribution is -2.48. The zero-order chi connectivity index (χ0) is 18.2. The number of likely N-dealkylation sites (N-methyl/N-ethyl adjacent to an activating group) is 1. The van der Waals surface area contributed by atoms with Crippen LogP contribution in [0.25, 0.3) is 10.8 Å². The first kappa shape index (κ1) is 17.5. The van der Waals surface area contributed by atoms with Gasteiger partial charge in [-0.25, -0.2) is 0 Å². The minimum absolute atomic E-state index is 0.168. The summed E-state index contributed by atoms with van der Waals surface area (Å²) < 4.78 is 39.4. The van der Waals surface area contributed by atoms with Crippen LogP contribution in [-0.2, 0) is 6.54 Å². The Morgan fingerprint density at radius 3 is 2.40 bits per heavy atom. The third kappa shape index (κ3) is 3.68. The molecule has 2 aromatic rings. The second-order valence-corrected chi connectivity index (χ2v) is 6.22. The van der Waals surface area contributed by atoms with E-state index in [1.54, 1.807) is 18.2 Å². The highest BCUT2D eigenvalue weighted by Crippen LogP contribution is 2.21. The summed E-state index contributed by atoms with van der Waals surface area (Å²) >= 11 is 0. The normalized spacial score (nSPS) is 16.4. The van der Waals surface area contributed by atoms with Crippen molar-refractivity contribution in [1.29, 1.82) is 0 Å². The number of benzene rings is 1. The molecule has 0 bridgehead atoms. The van der Waals surface area contributed by atoms with Gasteiger partial charge in [0.05, 0.1) is 0 Å². The first-order valence-electron chi connectivity index (χ1n) is 7.93. The molecule has 0 spiro atoms. The number of nitrogens with zero attached hydrogens (tertiary/aromatic N) is 3. The van der Waals surface area contributed by atoms with Gasteiger partial charge in [0.25, 0.3) is 11.5 Å². The first-order valence-corrected chi connectivity index (χ1v) is 7.93. The molecule has 3 rings (SSSR count). The van der Waals surface area contributed by atoms with Crippen molar-refractivity contribution in [1.82, 2.24) is 14.4 Å². The van der Waals surface area contributed by atoms with Crippen LogP contribution >= 0.6 is 0 Å². The quantitative estimate of drug-likeness (QED) is 0.829. The number of piperazine rings is 1.